The van der Waals surface area contributed by atoms with Crippen molar-refractivity contribution in [1.82, 2.24) is 0 Å². The van der Waals surface area contributed by atoms with Gasteiger partial charge in [-0.15, -0.1) is 21.4 Å². The summed E-state index contributed by atoms with van der Waals surface area (Å²) in [5.74, 6) is 0. The van der Waals surface area contributed by atoms with Gasteiger partial charge >= 0.3 is 68.2 Å². The second-order valence-corrected chi connectivity index (χ2v) is 0.875. The summed E-state index contributed by atoms with van der Waals surface area (Å²) in [5.41, 5.74) is 9.81. The molecule has 16 heteroatoms. The zero-order valence-electron chi connectivity index (χ0n) is 8.96. The maximum absolute atomic E-state index is 8.00. The third-order valence-electron chi connectivity index (χ3n) is 0.167. The van der Waals surface area contributed by atoms with E-state index in [2.05, 4.69) is 0 Å². The van der Waals surface area contributed by atoms with E-state index in [1.165, 1.54) is 0 Å². The molecule has 0 aliphatic rings. The normalized spacial score (nSPS) is 4.33. The molecule has 4 N–H and O–H groups in total. The maximum atomic E-state index is 8.00. The molecule has 18 heavy (non-hydrogen) atoms. The number of hydrogen-bond acceptors (Lipinski definition) is 14. The van der Waals surface area contributed by atoms with E-state index < -0.39 is 0 Å². The van der Waals surface area contributed by atoms with Crippen LogP contribution in [0, 0.1) is 40.5 Å². The summed E-state index contributed by atoms with van der Waals surface area (Å²) in [6.07, 6.45) is 0. The van der Waals surface area contributed by atoms with Crippen LogP contribution in [0.3, 0.4) is 0 Å². The molecule has 0 radical (unpaired) electrons. The Labute approximate surface area is 153 Å². The molecule has 0 aromatic carbocycles. The van der Waals surface area contributed by atoms with Gasteiger partial charge in [-0.2, -0.15) is 0 Å². The molecule has 0 fully saturated rings. The van der Waals surface area contributed by atoms with Gasteiger partial charge in [0.15, 0.2) is 0 Å². The van der Waals surface area contributed by atoms with Gasteiger partial charge in [-0.1, -0.05) is 0 Å². The van der Waals surface area contributed by atoms with Gasteiger partial charge in [0.05, 0.1) is 0 Å². The summed E-state index contributed by atoms with van der Waals surface area (Å²) in [5, 5.41) is 36.0. The van der Waals surface area contributed by atoms with Crippen LogP contribution in [0.5, 0.6) is 0 Å². The van der Waals surface area contributed by atoms with Gasteiger partial charge in [-0.3, -0.25) is 0 Å². The Bertz CT molecular complexity index is 106. The molecule has 0 rings (SSSR count). The van der Waals surface area contributed by atoms with Gasteiger partial charge in [0.1, 0.15) is 0 Å². The van der Waals surface area contributed by atoms with Crippen LogP contribution in [-0.2, 0) is 16.8 Å². The first kappa shape index (κ1) is 43.1. The summed E-state index contributed by atoms with van der Waals surface area (Å²) in [6.45, 7) is 1.19. The molecule has 0 aromatic heterocycles. The van der Waals surface area contributed by atoms with Crippen molar-refractivity contribution < 1.29 is 68.2 Å². The molecule has 0 unspecified atom stereocenters. The van der Waals surface area contributed by atoms with Crippen molar-refractivity contribution in [2.24, 2.45) is 32.8 Å². The fourth-order valence-corrected chi connectivity index (χ4v) is 0. The Morgan fingerprint density at radius 3 is 0.722 bits per heavy atom. The topological polar surface area (TPSA) is 262 Å². The van der Waals surface area contributed by atoms with E-state index in [0.717, 1.165) is 21.4 Å². The van der Waals surface area contributed by atoms with Gasteiger partial charge < -0.3 is 51.9 Å². The van der Waals surface area contributed by atoms with E-state index in [4.69, 9.17) is 51.9 Å². The van der Waals surface area contributed by atoms with Crippen LogP contribution in [0.4, 0.5) is 0 Å². The molecule has 14 nitrogen and oxygen atoms in total. The van der Waals surface area contributed by atoms with Gasteiger partial charge in [-0.25, -0.2) is 0 Å². The summed E-state index contributed by atoms with van der Waals surface area (Å²) in [4.78, 5) is 32.0. The third kappa shape index (κ3) is 7660. The standard InChI is InChI=1S/C2H8N2.Co.K.4HNO2/c3-1-2-4;;;4*2-1-3/h1-4H2;;;4*(H,2,3)/q;+3;+1;;;;/p-4. The first-order chi connectivity index (χ1) is 7.57. The molecule has 104 valence electrons. The molecular formula is C2H8CoKN6O8. The van der Waals surface area contributed by atoms with Crippen LogP contribution in [0.2, 0.25) is 0 Å². The molecular weight excluding hydrogens is 334 g/mol. The summed E-state index contributed by atoms with van der Waals surface area (Å²) in [7, 11) is 0. The monoisotopic (exact) mass is 342 g/mol. The predicted octanol–water partition coefficient (Wildman–Crippen LogP) is -3.09. The van der Waals surface area contributed by atoms with E-state index in [0.29, 0.717) is 13.1 Å². The van der Waals surface area contributed by atoms with Crippen LogP contribution < -0.4 is 62.9 Å². The second-order valence-electron chi connectivity index (χ2n) is 0.875. The van der Waals surface area contributed by atoms with Crippen molar-refractivity contribution in [3.05, 3.63) is 40.5 Å². The Morgan fingerprint density at radius 1 is 0.667 bits per heavy atom. The molecule has 0 spiro atoms. The Hall–Kier alpha value is -0.337. The first-order valence-electron chi connectivity index (χ1n) is 2.78. The predicted molar refractivity (Wildman–Crippen MR) is 54.8 cm³/mol. The smallest absolute Gasteiger partial charge is 0.444 e. The maximum Gasteiger partial charge on any atom is 3.00 e. The molecule has 0 bridgehead atoms. The van der Waals surface area contributed by atoms with Gasteiger partial charge in [0.2, 0.25) is 0 Å². The summed E-state index contributed by atoms with van der Waals surface area (Å²) < 4.78 is 0. The van der Waals surface area contributed by atoms with E-state index in [1.54, 1.807) is 0 Å². The quantitative estimate of drug-likeness (QED) is 0.275. The molecule has 0 saturated carbocycles. The van der Waals surface area contributed by atoms with Crippen LogP contribution in [-0.4, -0.2) is 13.1 Å². The van der Waals surface area contributed by atoms with Gasteiger partial charge in [0, 0.05) is 13.1 Å². The van der Waals surface area contributed by atoms with E-state index in [9.17, 15) is 0 Å². The van der Waals surface area contributed by atoms with Crippen molar-refractivity contribution >= 4 is 0 Å². The Morgan fingerprint density at radius 2 is 0.722 bits per heavy atom. The average molecular weight is 342 g/mol. The summed E-state index contributed by atoms with van der Waals surface area (Å²) >= 11 is 0. The summed E-state index contributed by atoms with van der Waals surface area (Å²) in [6, 6.07) is 0. The average Bonchev–Trinajstić information content (AvgIpc) is 2.22. The van der Waals surface area contributed by atoms with Crippen molar-refractivity contribution in [1.29, 1.82) is 0 Å². The largest absolute Gasteiger partial charge is 3.00 e. The van der Waals surface area contributed by atoms with Gasteiger partial charge in [-0.05, 0) is 0 Å². The number of nitrogens with zero attached hydrogens (tertiary/aromatic N) is 4. The molecule has 0 heterocycles. The minimum Gasteiger partial charge on any atom is -0.444 e. The van der Waals surface area contributed by atoms with Crippen molar-refractivity contribution in [2.45, 2.75) is 0 Å². The van der Waals surface area contributed by atoms with Crippen LogP contribution in [0.25, 0.3) is 0 Å². The molecule has 0 amide bonds. The molecule has 0 saturated heterocycles. The third-order valence-corrected chi connectivity index (χ3v) is 0.167. The van der Waals surface area contributed by atoms with Crippen molar-refractivity contribution in [3.63, 3.8) is 0 Å². The van der Waals surface area contributed by atoms with Crippen LogP contribution in [0.15, 0.2) is 21.4 Å². The van der Waals surface area contributed by atoms with E-state index in [-0.39, 0.29) is 68.2 Å². The number of hydrogen-bond donors (Lipinski definition) is 2. The van der Waals surface area contributed by atoms with E-state index >= 15 is 0 Å². The Kier molecular flexibility index (Phi) is 305. The number of nitrogens with two attached hydrogens (primary N) is 2. The molecule has 0 aliphatic carbocycles. The van der Waals surface area contributed by atoms with Crippen molar-refractivity contribution in [3.8, 4) is 0 Å². The van der Waals surface area contributed by atoms with E-state index in [1.807, 2.05) is 0 Å². The minimum atomic E-state index is 0. The zero-order valence-corrected chi connectivity index (χ0v) is 13.1. The zero-order chi connectivity index (χ0) is 14.2. The van der Waals surface area contributed by atoms with Crippen LogP contribution >= 0.6 is 0 Å². The second kappa shape index (κ2) is 127. The van der Waals surface area contributed by atoms with Crippen molar-refractivity contribution in [2.75, 3.05) is 13.1 Å². The van der Waals surface area contributed by atoms with Gasteiger partial charge in [0.25, 0.3) is 0 Å². The Balaban J connectivity index is -0.0000000164. The fourth-order valence-electron chi connectivity index (χ4n) is 0. The minimum absolute atomic E-state index is 0. The fraction of sp³-hybridized carbons (Fsp3) is 1.00. The molecule has 0 aliphatic heterocycles. The first-order valence-corrected chi connectivity index (χ1v) is 2.78. The number of rotatable bonds is 1. The van der Waals surface area contributed by atoms with Crippen LogP contribution in [0.1, 0.15) is 0 Å². The molecule has 0 atom stereocenters. The SMILES string of the molecule is NCCN.O=N[O-].O=N[O-].O=N[O-].O=N[O-].[Co+3].[K+]. The molecule has 0 aromatic rings.